The molecular weight excluding hydrogens is 396 g/mol. The summed E-state index contributed by atoms with van der Waals surface area (Å²) in [6.07, 6.45) is 8.18. The molecule has 1 fully saturated rings. The van der Waals surface area contributed by atoms with Crippen LogP contribution in [0, 0.1) is 0 Å². The lowest BCUT2D eigenvalue weighted by atomic mass is 10.2. The minimum atomic E-state index is -0.203. The number of piperazine rings is 1. The maximum absolute atomic E-state index is 12.8. The van der Waals surface area contributed by atoms with Gasteiger partial charge in [0.2, 0.25) is 5.91 Å². The fraction of sp³-hybridized carbons (Fsp3) is 0.238. The van der Waals surface area contributed by atoms with Crippen LogP contribution in [-0.4, -0.2) is 66.1 Å². The van der Waals surface area contributed by atoms with Crippen molar-refractivity contribution in [3.63, 3.8) is 0 Å². The first kappa shape index (κ1) is 18.9. The lowest BCUT2D eigenvalue weighted by Gasteiger charge is -2.35. The molecule has 4 heterocycles. The number of hydrogen-bond acceptors (Lipinski definition) is 7. The van der Waals surface area contributed by atoms with E-state index in [1.165, 1.54) is 17.2 Å². The van der Waals surface area contributed by atoms with Crippen LogP contribution in [0.1, 0.15) is 0 Å². The van der Waals surface area contributed by atoms with E-state index in [4.69, 9.17) is 0 Å². The molecule has 1 amide bonds. The van der Waals surface area contributed by atoms with Crippen molar-refractivity contribution >= 4 is 22.6 Å². The highest BCUT2D eigenvalue weighted by Crippen LogP contribution is 2.16. The Morgan fingerprint density at radius 3 is 2.58 bits per heavy atom. The highest BCUT2D eigenvalue weighted by Gasteiger charge is 2.23. The van der Waals surface area contributed by atoms with Crippen molar-refractivity contribution in [3.05, 3.63) is 72.1 Å². The van der Waals surface area contributed by atoms with E-state index in [9.17, 15) is 9.59 Å². The van der Waals surface area contributed by atoms with E-state index in [-0.39, 0.29) is 18.0 Å². The standard InChI is InChI=1S/C21H20N8O2/c30-20(12-29-15-25-17-4-2-1-3-16(17)21(29)31)27-9-7-26(8-10-27)18-11-19(24-13-23-18)28-6-5-22-14-28/h1-6,11,13-15H,7-10,12H2. The third kappa shape index (κ3) is 3.75. The second-order valence-electron chi connectivity index (χ2n) is 7.27. The van der Waals surface area contributed by atoms with Crippen LogP contribution in [0.25, 0.3) is 16.7 Å². The Kier molecular flexibility index (Phi) is 4.87. The van der Waals surface area contributed by atoms with Gasteiger partial charge < -0.3 is 9.80 Å². The second-order valence-corrected chi connectivity index (χ2v) is 7.27. The van der Waals surface area contributed by atoms with Gasteiger partial charge in [0.25, 0.3) is 5.56 Å². The molecule has 1 aromatic carbocycles. The van der Waals surface area contributed by atoms with Crippen LogP contribution in [0.15, 0.2) is 66.5 Å². The van der Waals surface area contributed by atoms with Gasteiger partial charge in [0, 0.05) is 44.6 Å². The van der Waals surface area contributed by atoms with Crippen LogP contribution in [0.2, 0.25) is 0 Å². The van der Waals surface area contributed by atoms with E-state index in [2.05, 4.69) is 24.8 Å². The summed E-state index contributed by atoms with van der Waals surface area (Å²) in [6, 6.07) is 9.04. The Bertz CT molecular complexity index is 1280. The van der Waals surface area contributed by atoms with Crippen molar-refractivity contribution in [2.75, 3.05) is 31.1 Å². The van der Waals surface area contributed by atoms with Crippen molar-refractivity contribution in [3.8, 4) is 5.82 Å². The van der Waals surface area contributed by atoms with E-state index in [1.54, 1.807) is 35.6 Å². The van der Waals surface area contributed by atoms with E-state index in [0.717, 1.165) is 11.6 Å². The summed E-state index contributed by atoms with van der Waals surface area (Å²) in [7, 11) is 0. The van der Waals surface area contributed by atoms with Gasteiger partial charge >= 0.3 is 0 Å². The van der Waals surface area contributed by atoms with Gasteiger partial charge in [-0.2, -0.15) is 0 Å². The number of amides is 1. The molecule has 1 saturated heterocycles. The van der Waals surface area contributed by atoms with Crippen molar-refractivity contribution in [2.24, 2.45) is 0 Å². The number of benzene rings is 1. The van der Waals surface area contributed by atoms with Gasteiger partial charge in [0.15, 0.2) is 0 Å². The molecule has 0 aliphatic carbocycles. The molecule has 0 bridgehead atoms. The predicted octanol–water partition coefficient (Wildman–Crippen LogP) is 0.721. The van der Waals surface area contributed by atoms with Gasteiger partial charge in [0.1, 0.15) is 30.8 Å². The number of hydrogen-bond donors (Lipinski definition) is 0. The molecule has 0 N–H and O–H groups in total. The molecule has 10 nitrogen and oxygen atoms in total. The number of imidazole rings is 1. The quantitative estimate of drug-likeness (QED) is 0.483. The molecule has 1 aliphatic rings. The molecule has 10 heteroatoms. The van der Waals surface area contributed by atoms with E-state index in [0.29, 0.717) is 37.1 Å². The van der Waals surface area contributed by atoms with Crippen LogP contribution in [0.4, 0.5) is 5.82 Å². The first-order chi connectivity index (χ1) is 15.2. The fourth-order valence-corrected chi connectivity index (χ4v) is 3.70. The minimum absolute atomic E-state index is 0.0189. The summed E-state index contributed by atoms with van der Waals surface area (Å²) in [5.41, 5.74) is 0.426. The largest absolute Gasteiger partial charge is 0.353 e. The normalized spacial score (nSPS) is 14.2. The van der Waals surface area contributed by atoms with E-state index >= 15 is 0 Å². The molecule has 156 valence electrons. The Labute approximate surface area is 177 Å². The first-order valence-electron chi connectivity index (χ1n) is 9.96. The maximum Gasteiger partial charge on any atom is 0.261 e. The second kappa shape index (κ2) is 7.98. The highest BCUT2D eigenvalue weighted by molar-refractivity contribution is 5.79. The van der Waals surface area contributed by atoms with Gasteiger partial charge in [-0.3, -0.25) is 18.7 Å². The number of carbonyl (C=O) groups is 1. The topological polar surface area (TPSA) is 102 Å². The molecule has 0 unspecified atom stereocenters. The van der Waals surface area contributed by atoms with Crippen molar-refractivity contribution in [1.29, 1.82) is 0 Å². The van der Waals surface area contributed by atoms with Crippen molar-refractivity contribution in [2.45, 2.75) is 6.54 Å². The van der Waals surface area contributed by atoms with Gasteiger partial charge in [-0.25, -0.2) is 19.9 Å². The number of para-hydroxylation sites is 1. The van der Waals surface area contributed by atoms with Gasteiger partial charge in [-0.15, -0.1) is 0 Å². The predicted molar refractivity (Wildman–Crippen MR) is 114 cm³/mol. The number of carbonyl (C=O) groups excluding carboxylic acids is 1. The summed E-state index contributed by atoms with van der Waals surface area (Å²) in [5.74, 6) is 1.45. The SMILES string of the molecule is O=C(Cn1cnc2ccccc2c1=O)N1CCN(c2cc(-n3ccnc3)ncn2)CC1. The highest BCUT2D eigenvalue weighted by atomic mass is 16.2. The number of rotatable bonds is 4. The molecule has 0 saturated carbocycles. The Morgan fingerprint density at radius 1 is 0.968 bits per heavy atom. The molecule has 3 aromatic heterocycles. The maximum atomic E-state index is 12.8. The molecule has 1 aliphatic heterocycles. The summed E-state index contributed by atoms with van der Waals surface area (Å²) >= 11 is 0. The van der Waals surface area contributed by atoms with Crippen LogP contribution in [0.3, 0.4) is 0 Å². The van der Waals surface area contributed by atoms with Gasteiger partial charge in [-0.1, -0.05) is 12.1 Å². The Morgan fingerprint density at radius 2 is 1.77 bits per heavy atom. The molecular formula is C21H20N8O2. The summed E-state index contributed by atoms with van der Waals surface area (Å²) in [6.45, 7) is 2.39. The zero-order valence-corrected chi connectivity index (χ0v) is 16.7. The molecule has 0 radical (unpaired) electrons. The monoisotopic (exact) mass is 416 g/mol. The summed E-state index contributed by atoms with van der Waals surface area (Å²) < 4.78 is 3.19. The van der Waals surface area contributed by atoms with E-state index in [1.807, 2.05) is 22.9 Å². The molecule has 4 aromatic rings. The van der Waals surface area contributed by atoms with Crippen LogP contribution >= 0.6 is 0 Å². The lowest BCUT2D eigenvalue weighted by molar-refractivity contribution is -0.132. The number of anilines is 1. The number of aromatic nitrogens is 6. The summed E-state index contributed by atoms with van der Waals surface area (Å²) in [5, 5.41) is 0.514. The number of nitrogens with zero attached hydrogens (tertiary/aromatic N) is 8. The fourth-order valence-electron chi connectivity index (χ4n) is 3.70. The van der Waals surface area contributed by atoms with Crippen molar-refractivity contribution in [1.82, 2.24) is 34.0 Å². The summed E-state index contributed by atoms with van der Waals surface area (Å²) in [4.78, 5) is 46.3. The smallest absolute Gasteiger partial charge is 0.261 e. The van der Waals surface area contributed by atoms with Crippen molar-refractivity contribution < 1.29 is 4.79 Å². The average Bonchev–Trinajstić information content (AvgIpc) is 3.36. The van der Waals surface area contributed by atoms with E-state index < -0.39 is 0 Å². The first-order valence-corrected chi connectivity index (χ1v) is 9.96. The lowest BCUT2D eigenvalue weighted by Crippen LogP contribution is -2.50. The Hall–Kier alpha value is -4.08. The molecule has 0 atom stereocenters. The molecule has 5 rings (SSSR count). The average molecular weight is 416 g/mol. The van der Waals surface area contributed by atoms with Crippen LogP contribution < -0.4 is 10.5 Å². The minimum Gasteiger partial charge on any atom is -0.353 e. The van der Waals surface area contributed by atoms with Gasteiger partial charge in [0.05, 0.1) is 17.2 Å². The Balaban J connectivity index is 1.25. The zero-order chi connectivity index (χ0) is 21.2. The molecule has 31 heavy (non-hydrogen) atoms. The van der Waals surface area contributed by atoms with Gasteiger partial charge in [-0.05, 0) is 12.1 Å². The third-order valence-electron chi connectivity index (χ3n) is 5.40. The van der Waals surface area contributed by atoms with Crippen LogP contribution in [0.5, 0.6) is 0 Å². The third-order valence-corrected chi connectivity index (χ3v) is 5.40. The molecule has 0 spiro atoms. The number of fused-ring (bicyclic) bond motifs is 1. The zero-order valence-electron chi connectivity index (χ0n) is 16.7. The van der Waals surface area contributed by atoms with Crippen LogP contribution in [-0.2, 0) is 11.3 Å².